The van der Waals surface area contributed by atoms with E-state index in [1.165, 1.54) is 45.4 Å². The lowest BCUT2D eigenvalue weighted by atomic mass is 9.83. The number of hydrogen-bond donors (Lipinski definition) is 2. The van der Waals surface area contributed by atoms with Crippen molar-refractivity contribution in [2.75, 3.05) is 24.2 Å². The van der Waals surface area contributed by atoms with Crippen molar-refractivity contribution in [3.05, 3.63) is 34.4 Å². The smallest absolute Gasteiger partial charge is 0.230 e. The van der Waals surface area contributed by atoms with Crippen LogP contribution in [0.15, 0.2) is 16.5 Å². The van der Waals surface area contributed by atoms with Crippen LogP contribution in [0.25, 0.3) is 0 Å². The van der Waals surface area contributed by atoms with Crippen LogP contribution < -0.4 is 10.6 Å². The largest absolute Gasteiger partial charge is 0.360 e. The molecule has 0 radical (unpaired) electrons. The molecule has 0 spiro atoms. The number of rotatable bonds is 8. The lowest BCUT2D eigenvalue weighted by Gasteiger charge is -2.22. The van der Waals surface area contributed by atoms with Crippen LogP contribution in [0.4, 0.5) is 5.13 Å². The summed E-state index contributed by atoms with van der Waals surface area (Å²) >= 11 is 2.90. The van der Waals surface area contributed by atoms with Gasteiger partial charge in [0.2, 0.25) is 11.0 Å². The van der Waals surface area contributed by atoms with E-state index in [4.69, 9.17) is 0 Å². The molecule has 2 rings (SSSR count). The zero-order valence-corrected chi connectivity index (χ0v) is 18.7. The highest BCUT2D eigenvalue weighted by Gasteiger charge is 2.16. The monoisotopic (exact) mass is 406 g/mol. The summed E-state index contributed by atoms with van der Waals surface area (Å²) in [4.78, 5) is 12.1. The molecular weight excluding hydrogens is 376 g/mol. The molecule has 0 atom stereocenters. The van der Waals surface area contributed by atoms with E-state index < -0.39 is 0 Å². The number of benzene rings is 1. The minimum atomic E-state index is 0.0295. The zero-order chi connectivity index (χ0) is 20.0. The van der Waals surface area contributed by atoms with Crippen LogP contribution in [-0.4, -0.2) is 34.9 Å². The Kier molecular flexibility index (Phi) is 7.68. The van der Waals surface area contributed by atoms with Gasteiger partial charge >= 0.3 is 0 Å². The SMILES string of the molecule is CCNc1nnc(SCC(=O)NCCc2c(C)cc(C(C)(C)C)cc2C)s1. The normalized spacial score (nSPS) is 11.5. The first kappa shape index (κ1) is 21.7. The van der Waals surface area contributed by atoms with Crippen LogP contribution in [0.1, 0.15) is 49.9 Å². The summed E-state index contributed by atoms with van der Waals surface area (Å²) in [6, 6.07) is 4.55. The van der Waals surface area contributed by atoms with Gasteiger partial charge in [-0.1, -0.05) is 56.0 Å². The van der Waals surface area contributed by atoms with Crippen LogP contribution >= 0.6 is 23.1 Å². The van der Waals surface area contributed by atoms with Crippen molar-refractivity contribution >= 4 is 34.1 Å². The Balaban J connectivity index is 1.82. The van der Waals surface area contributed by atoms with Crippen molar-refractivity contribution in [3.8, 4) is 0 Å². The molecule has 1 heterocycles. The van der Waals surface area contributed by atoms with Crippen molar-refractivity contribution in [2.45, 2.75) is 57.7 Å². The van der Waals surface area contributed by atoms with Crippen LogP contribution in [0.5, 0.6) is 0 Å². The molecule has 27 heavy (non-hydrogen) atoms. The molecule has 1 amide bonds. The van der Waals surface area contributed by atoms with Gasteiger partial charge in [-0.2, -0.15) is 0 Å². The number of anilines is 1. The summed E-state index contributed by atoms with van der Waals surface area (Å²) in [5.41, 5.74) is 5.43. The van der Waals surface area contributed by atoms with E-state index in [-0.39, 0.29) is 11.3 Å². The van der Waals surface area contributed by atoms with Crippen molar-refractivity contribution in [1.82, 2.24) is 15.5 Å². The maximum absolute atomic E-state index is 12.1. The molecule has 1 aromatic heterocycles. The first-order valence-electron chi connectivity index (χ1n) is 9.28. The van der Waals surface area contributed by atoms with Gasteiger partial charge in [0.15, 0.2) is 4.34 Å². The van der Waals surface area contributed by atoms with E-state index in [0.717, 1.165) is 22.4 Å². The number of nitrogens with one attached hydrogen (secondary N) is 2. The fourth-order valence-corrected chi connectivity index (χ4v) is 4.47. The average molecular weight is 407 g/mol. The van der Waals surface area contributed by atoms with Gasteiger partial charge in [0.05, 0.1) is 5.75 Å². The highest BCUT2D eigenvalue weighted by Crippen LogP contribution is 2.27. The van der Waals surface area contributed by atoms with Gasteiger partial charge in [-0.05, 0) is 54.9 Å². The minimum absolute atomic E-state index is 0.0295. The number of hydrogen-bond acceptors (Lipinski definition) is 6. The molecule has 0 saturated carbocycles. The van der Waals surface area contributed by atoms with E-state index in [0.29, 0.717) is 12.3 Å². The molecule has 0 aliphatic rings. The van der Waals surface area contributed by atoms with Crippen molar-refractivity contribution in [1.29, 1.82) is 0 Å². The van der Waals surface area contributed by atoms with Gasteiger partial charge in [-0.15, -0.1) is 10.2 Å². The van der Waals surface area contributed by atoms with Gasteiger partial charge in [0, 0.05) is 13.1 Å². The molecule has 2 aromatic rings. The Morgan fingerprint density at radius 2 is 1.85 bits per heavy atom. The molecule has 2 N–H and O–H groups in total. The quantitative estimate of drug-likeness (QED) is 0.639. The Labute approximate surface area is 170 Å². The van der Waals surface area contributed by atoms with Crippen molar-refractivity contribution in [3.63, 3.8) is 0 Å². The van der Waals surface area contributed by atoms with Crippen molar-refractivity contribution in [2.24, 2.45) is 0 Å². The molecule has 1 aromatic carbocycles. The van der Waals surface area contributed by atoms with E-state index in [1.54, 1.807) is 0 Å². The molecule has 148 valence electrons. The highest BCUT2D eigenvalue weighted by atomic mass is 32.2. The molecule has 7 heteroatoms. The third-order valence-corrected chi connectivity index (χ3v) is 6.33. The van der Waals surface area contributed by atoms with Gasteiger partial charge < -0.3 is 10.6 Å². The number of nitrogens with zero attached hydrogens (tertiary/aromatic N) is 2. The predicted molar refractivity (Wildman–Crippen MR) is 116 cm³/mol. The maximum Gasteiger partial charge on any atom is 0.230 e. The lowest BCUT2D eigenvalue weighted by Crippen LogP contribution is -2.27. The number of carbonyl (C=O) groups is 1. The molecule has 0 aliphatic carbocycles. The number of carbonyl (C=O) groups excluding carboxylic acids is 1. The van der Waals surface area contributed by atoms with Crippen LogP contribution in [-0.2, 0) is 16.6 Å². The predicted octanol–water partition coefficient (Wildman–Crippen LogP) is 4.34. The standard InChI is InChI=1S/C20H30N4OS2/c1-7-21-18-23-24-19(27-18)26-12-17(25)22-9-8-16-13(2)10-15(11-14(16)3)20(4,5)6/h10-11H,7-9,12H2,1-6H3,(H,21,23)(H,22,25). The van der Waals surface area contributed by atoms with E-state index in [9.17, 15) is 4.79 Å². The molecule has 0 fully saturated rings. The van der Waals surface area contributed by atoms with Gasteiger partial charge in [-0.25, -0.2) is 0 Å². The summed E-state index contributed by atoms with van der Waals surface area (Å²) in [5.74, 6) is 0.392. The molecule has 0 bridgehead atoms. The second-order valence-electron chi connectivity index (χ2n) is 7.63. The summed E-state index contributed by atoms with van der Waals surface area (Å²) in [7, 11) is 0. The lowest BCUT2D eigenvalue weighted by molar-refractivity contribution is -0.118. The average Bonchev–Trinajstić information content (AvgIpc) is 3.02. The second-order valence-corrected chi connectivity index (χ2v) is 9.83. The maximum atomic E-state index is 12.1. The van der Waals surface area contributed by atoms with Gasteiger partial charge in [0.25, 0.3) is 0 Å². The fourth-order valence-electron chi connectivity index (χ4n) is 2.82. The Bertz CT molecular complexity index is 758. The van der Waals surface area contributed by atoms with Crippen LogP contribution in [0.3, 0.4) is 0 Å². The minimum Gasteiger partial charge on any atom is -0.360 e. The van der Waals surface area contributed by atoms with E-state index in [1.807, 2.05) is 6.92 Å². The zero-order valence-electron chi connectivity index (χ0n) is 17.1. The number of amides is 1. The topological polar surface area (TPSA) is 66.9 Å². The first-order chi connectivity index (χ1) is 12.7. The van der Waals surface area contributed by atoms with Crippen LogP contribution in [0.2, 0.25) is 0 Å². The Morgan fingerprint density at radius 3 is 2.44 bits per heavy atom. The fraction of sp³-hybridized carbons (Fsp3) is 0.550. The van der Waals surface area contributed by atoms with Gasteiger partial charge in [-0.3, -0.25) is 4.79 Å². The van der Waals surface area contributed by atoms with E-state index in [2.05, 4.69) is 67.6 Å². The molecule has 0 aliphatic heterocycles. The Morgan fingerprint density at radius 1 is 1.19 bits per heavy atom. The Hall–Kier alpha value is -1.60. The number of aryl methyl sites for hydroxylation is 2. The summed E-state index contributed by atoms with van der Waals surface area (Å²) in [6.07, 6.45) is 0.849. The first-order valence-corrected chi connectivity index (χ1v) is 11.1. The van der Waals surface area contributed by atoms with Crippen molar-refractivity contribution < 1.29 is 4.79 Å². The second kappa shape index (κ2) is 9.55. The number of aromatic nitrogens is 2. The van der Waals surface area contributed by atoms with Gasteiger partial charge in [0.1, 0.15) is 0 Å². The van der Waals surface area contributed by atoms with E-state index >= 15 is 0 Å². The third-order valence-electron chi connectivity index (χ3n) is 4.32. The molecule has 0 unspecified atom stereocenters. The number of thioether (sulfide) groups is 1. The third kappa shape index (κ3) is 6.50. The van der Waals surface area contributed by atoms with Crippen LogP contribution in [0, 0.1) is 13.8 Å². The summed E-state index contributed by atoms with van der Waals surface area (Å²) in [5, 5.41) is 15.0. The summed E-state index contributed by atoms with van der Waals surface area (Å²) in [6.45, 7) is 14.5. The highest BCUT2D eigenvalue weighted by molar-refractivity contribution is 8.01. The molecule has 5 nitrogen and oxygen atoms in total. The molecule has 0 saturated heterocycles. The molecular formula is C20H30N4OS2. The summed E-state index contributed by atoms with van der Waals surface area (Å²) < 4.78 is 0.811.